The number of fused-ring (bicyclic) bond motifs is 1. The van der Waals surface area contributed by atoms with Crippen LogP contribution in [0.4, 0.5) is 5.69 Å². The van der Waals surface area contributed by atoms with E-state index in [-0.39, 0.29) is 20.0 Å². The summed E-state index contributed by atoms with van der Waals surface area (Å²) >= 11 is 1.22. The molecule has 6 nitrogen and oxygen atoms in total. The molecule has 0 radical (unpaired) electrons. The van der Waals surface area contributed by atoms with E-state index in [0.29, 0.717) is 17.9 Å². The molecule has 29 heavy (non-hydrogen) atoms. The molecule has 2 aromatic carbocycles. The third-order valence-electron chi connectivity index (χ3n) is 4.62. The van der Waals surface area contributed by atoms with Crippen LogP contribution in [0.25, 0.3) is 16.8 Å². The van der Waals surface area contributed by atoms with Gasteiger partial charge in [0.25, 0.3) is 0 Å². The molecule has 3 atom stereocenters. The van der Waals surface area contributed by atoms with Gasteiger partial charge in [-0.3, -0.25) is 4.72 Å². The lowest BCUT2D eigenvalue weighted by molar-refractivity contribution is -0.186. The second kappa shape index (κ2) is 10.6. The van der Waals surface area contributed by atoms with Gasteiger partial charge in [0.2, 0.25) is 0 Å². The molecule has 3 N–H and O–H groups in total. The Kier molecular flexibility index (Phi) is 8.50. The monoisotopic (exact) mass is 415 g/mol. The Morgan fingerprint density at radius 1 is 1.24 bits per heavy atom. The maximum absolute atomic E-state index is 9.69. The summed E-state index contributed by atoms with van der Waals surface area (Å²) in [5, 5.41) is 30.9. The number of aliphatic hydroxyl groups excluding tert-OH is 2. The van der Waals surface area contributed by atoms with Gasteiger partial charge in [-0.2, -0.15) is 5.26 Å². The highest BCUT2D eigenvalue weighted by Crippen LogP contribution is 2.24. The summed E-state index contributed by atoms with van der Waals surface area (Å²) in [6, 6.07) is 14.6. The van der Waals surface area contributed by atoms with Gasteiger partial charge in [0.05, 0.1) is 12.2 Å². The van der Waals surface area contributed by atoms with Gasteiger partial charge in [-0.05, 0) is 52.6 Å². The number of nitriles is 1. The van der Waals surface area contributed by atoms with Crippen LogP contribution in [0.2, 0.25) is 0 Å². The van der Waals surface area contributed by atoms with Gasteiger partial charge in [0, 0.05) is 39.2 Å². The molecule has 0 bridgehead atoms. The molecule has 0 amide bonds. The Labute approximate surface area is 176 Å². The Balaban J connectivity index is 0.00000300. The number of anilines is 1. The van der Waals surface area contributed by atoms with E-state index in [0.717, 1.165) is 22.0 Å². The highest BCUT2D eigenvalue weighted by Gasteiger charge is 2.26. The SMILES string of the molecule is C.CN(C)c1ccc2cc(/C=C(\C#N)SNCC3CC(O)CC(O)O3)ccc2c1. The summed E-state index contributed by atoms with van der Waals surface area (Å²) in [6.07, 6.45) is 0.774. The van der Waals surface area contributed by atoms with E-state index in [1.165, 1.54) is 11.9 Å². The van der Waals surface area contributed by atoms with Gasteiger partial charge >= 0.3 is 0 Å². The molecule has 156 valence electrons. The highest BCUT2D eigenvalue weighted by atomic mass is 32.2. The van der Waals surface area contributed by atoms with Crippen molar-refractivity contribution in [2.24, 2.45) is 0 Å². The van der Waals surface area contributed by atoms with E-state index in [9.17, 15) is 15.5 Å². The lowest BCUT2D eigenvalue weighted by atomic mass is 10.1. The van der Waals surface area contributed by atoms with Crippen molar-refractivity contribution < 1.29 is 14.9 Å². The minimum atomic E-state index is -0.933. The lowest BCUT2D eigenvalue weighted by Gasteiger charge is -2.30. The first-order valence-electron chi connectivity index (χ1n) is 9.19. The first kappa shape index (κ1) is 23.2. The fraction of sp³-hybridized carbons (Fsp3) is 0.409. The average molecular weight is 416 g/mol. The van der Waals surface area contributed by atoms with Gasteiger partial charge in [-0.15, -0.1) is 0 Å². The number of benzene rings is 2. The van der Waals surface area contributed by atoms with Crippen molar-refractivity contribution in [2.75, 3.05) is 25.5 Å². The van der Waals surface area contributed by atoms with Crippen LogP contribution in [-0.4, -0.2) is 49.4 Å². The Hall–Kier alpha value is -2.08. The van der Waals surface area contributed by atoms with Gasteiger partial charge < -0.3 is 19.8 Å². The number of allylic oxidation sites excluding steroid dienone is 1. The molecule has 0 aromatic heterocycles. The van der Waals surface area contributed by atoms with Gasteiger partial charge in [0.1, 0.15) is 11.0 Å². The fourth-order valence-electron chi connectivity index (χ4n) is 3.17. The topological polar surface area (TPSA) is 88.8 Å². The summed E-state index contributed by atoms with van der Waals surface area (Å²) in [7, 11) is 4.03. The smallest absolute Gasteiger partial charge is 0.157 e. The van der Waals surface area contributed by atoms with Crippen molar-refractivity contribution in [1.82, 2.24) is 4.72 Å². The van der Waals surface area contributed by atoms with E-state index >= 15 is 0 Å². The van der Waals surface area contributed by atoms with Crippen LogP contribution in [0.15, 0.2) is 41.3 Å². The van der Waals surface area contributed by atoms with E-state index in [2.05, 4.69) is 46.0 Å². The molecule has 0 aliphatic carbocycles. The summed E-state index contributed by atoms with van der Waals surface area (Å²) < 4.78 is 8.48. The number of aliphatic hydroxyl groups is 2. The molecule has 3 unspecified atom stereocenters. The van der Waals surface area contributed by atoms with Crippen molar-refractivity contribution >= 4 is 34.5 Å². The zero-order valence-corrected chi connectivity index (χ0v) is 16.8. The van der Waals surface area contributed by atoms with Gasteiger partial charge in [-0.25, -0.2) is 0 Å². The van der Waals surface area contributed by atoms with E-state index in [1.807, 2.05) is 26.2 Å². The third kappa shape index (κ3) is 6.46. The molecule has 7 heteroatoms. The average Bonchev–Trinajstić information content (AvgIpc) is 2.65. The quantitative estimate of drug-likeness (QED) is 0.491. The van der Waals surface area contributed by atoms with Crippen LogP contribution in [-0.2, 0) is 4.74 Å². The molecule has 1 heterocycles. The molecule has 0 spiro atoms. The predicted octanol–water partition coefficient (Wildman–Crippen LogP) is 3.50. The number of hydrogen-bond donors (Lipinski definition) is 3. The van der Waals surface area contributed by atoms with Crippen LogP contribution in [0.3, 0.4) is 0 Å². The maximum Gasteiger partial charge on any atom is 0.157 e. The second-order valence-electron chi connectivity index (χ2n) is 7.09. The Bertz CT molecular complexity index is 884. The van der Waals surface area contributed by atoms with Crippen LogP contribution in [0.5, 0.6) is 0 Å². The van der Waals surface area contributed by atoms with Crippen molar-refractivity contribution in [2.45, 2.75) is 38.8 Å². The number of nitrogens with one attached hydrogen (secondary N) is 1. The first-order chi connectivity index (χ1) is 13.4. The van der Waals surface area contributed by atoms with Crippen LogP contribution in [0, 0.1) is 11.3 Å². The lowest BCUT2D eigenvalue weighted by Crippen LogP contribution is -2.39. The third-order valence-corrected chi connectivity index (χ3v) is 5.36. The van der Waals surface area contributed by atoms with Gasteiger partial charge in [0.15, 0.2) is 6.29 Å². The first-order valence-corrected chi connectivity index (χ1v) is 10.0. The van der Waals surface area contributed by atoms with Crippen LogP contribution < -0.4 is 9.62 Å². The number of nitrogens with zero attached hydrogens (tertiary/aromatic N) is 2. The Morgan fingerprint density at radius 2 is 1.97 bits per heavy atom. The zero-order valence-electron chi connectivity index (χ0n) is 16.0. The molecule has 1 aliphatic rings. The summed E-state index contributed by atoms with van der Waals surface area (Å²) in [6.45, 7) is 0.433. The summed E-state index contributed by atoms with van der Waals surface area (Å²) in [4.78, 5) is 2.60. The van der Waals surface area contributed by atoms with E-state index in [1.54, 1.807) is 0 Å². The van der Waals surface area contributed by atoms with Crippen LogP contribution in [0.1, 0.15) is 25.8 Å². The van der Waals surface area contributed by atoms with Crippen molar-refractivity contribution in [3.05, 3.63) is 46.9 Å². The fourth-order valence-corrected chi connectivity index (χ4v) is 3.83. The second-order valence-corrected chi connectivity index (χ2v) is 8.03. The molecule has 2 aromatic rings. The number of rotatable bonds is 6. The molecule has 1 aliphatic heterocycles. The normalized spacial score (nSPS) is 22.0. The van der Waals surface area contributed by atoms with E-state index < -0.39 is 12.4 Å². The molecule has 3 rings (SSSR count). The molecular formula is C22H29N3O3S. The number of ether oxygens (including phenoxy) is 1. The minimum Gasteiger partial charge on any atom is -0.393 e. The van der Waals surface area contributed by atoms with Crippen molar-refractivity contribution in [3.63, 3.8) is 0 Å². The zero-order chi connectivity index (χ0) is 20.1. The molecule has 1 saturated heterocycles. The maximum atomic E-state index is 9.69. The van der Waals surface area contributed by atoms with Crippen LogP contribution >= 0.6 is 11.9 Å². The molecule has 1 fully saturated rings. The van der Waals surface area contributed by atoms with Gasteiger partial charge in [-0.1, -0.05) is 25.6 Å². The predicted molar refractivity (Wildman–Crippen MR) is 120 cm³/mol. The largest absolute Gasteiger partial charge is 0.393 e. The highest BCUT2D eigenvalue weighted by molar-refractivity contribution is 8.01. The number of hydrogen-bond acceptors (Lipinski definition) is 7. The summed E-state index contributed by atoms with van der Waals surface area (Å²) in [5.74, 6) is 0. The Morgan fingerprint density at radius 3 is 2.66 bits per heavy atom. The standard InChI is InChI=1S/C21H25N3O3S.CH4/c1-24(2)17-6-5-15-7-14(3-4-16(15)9-17)8-20(12-22)28-23-13-19-10-18(25)11-21(26)27-19;/h3-9,18-19,21,23,25-26H,10-11,13H2,1-2H3;1H4/b20-8+;. The minimum absolute atomic E-state index is 0. The molecular weight excluding hydrogens is 386 g/mol. The van der Waals surface area contributed by atoms with E-state index in [4.69, 9.17) is 4.74 Å². The summed E-state index contributed by atoms with van der Waals surface area (Å²) in [5.41, 5.74) is 2.10. The molecule has 0 saturated carbocycles. The van der Waals surface area contributed by atoms with Crippen molar-refractivity contribution in [3.8, 4) is 6.07 Å². The van der Waals surface area contributed by atoms with Crippen molar-refractivity contribution in [1.29, 1.82) is 5.26 Å².